The molecular formula is C26H29FN8O6. The molecule has 15 heteroatoms. The van der Waals surface area contributed by atoms with Crippen molar-refractivity contribution in [1.82, 2.24) is 29.9 Å². The Bertz CT molecular complexity index is 1420. The zero-order valence-corrected chi connectivity index (χ0v) is 22.3. The van der Waals surface area contributed by atoms with Gasteiger partial charge in [-0.3, -0.25) is 19.5 Å². The molecule has 0 unspecified atom stereocenters. The van der Waals surface area contributed by atoms with E-state index in [0.29, 0.717) is 43.2 Å². The first-order valence-corrected chi connectivity index (χ1v) is 13.1. The Hall–Kier alpha value is -4.95. The standard InChI is InChI=1S/C26H29FN8O6/c1-2-40-25(38)30-12-18-15-35(26(39)41-18)17-3-4-21(19(27)11-17)32-7-9-33(10-8-32)23(36)14-29-24(37)20-16-34-6-5-28-13-22(34)31-20/h3-6,11,13,16,18H,2,7-10,12,14-15H2,1H3,(H,29,37)(H,30,38)/t18-/m0/s1. The summed E-state index contributed by atoms with van der Waals surface area (Å²) in [5.74, 6) is -1.23. The number of cyclic esters (lactones) is 1. The molecule has 1 atom stereocenters. The normalized spacial score (nSPS) is 17.0. The fourth-order valence-electron chi connectivity index (χ4n) is 4.65. The monoisotopic (exact) mass is 568 g/mol. The maximum absolute atomic E-state index is 15.1. The van der Waals surface area contributed by atoms with Gasteiger partial charge >= 0.3 is 12.2 Å². The first-order chi connectivity index (χ1) is 19.8. The number of amides is 4. The number of nitrogens with zero attached hydrogens (tertiary/aromatic N) is 6. The summed E-state index contributed by atoms with van der Waals surface area (Å²) in [6.07, 6.45) is 4.50. The number of rotatable bonds is 8. The van der Waals surface area contributed by atoms with Crippen LogP contribution in [0.15, 0.2) is 43.0 Å². The first-order valence-electron chi connectivity index (χ1n) is 13.1. The molecule has 3 aromatic rings. The Labute approximate surface area is 234 Å². The number of halogens is 1. The van der Waals surface area contributed by atoms with Crippen molar-refractivity contribution in [3.8, 4) is 0 Å². The average Bonchev–Trinajstić information content (AvgIpc) is 3.58. The summed E-state index contributed by atoms with van der Waals surface area (Å²) in [7, 11) is 0. The highest BCUT2D eigenvalue weighted by atomic mass is 19.1. The Kier molecular flexibility index (Phi) is 8.12. The number of alkyl carbamates (subject to hydrolysis) is 1. The van der Waals surface area contributed by atoms with Gasteiger partial charge in [0.15, 0.2) is 5.65 Å². The van der Waals surface area contributed by atoms with Crippen LogP contribution in [-0.2, 0) is 14.3 Å². The zero-order valence-electron chi connectivity index (χ0n) is 22.3. The molecule has 2 N–H and O–H groups in total. The smallest absolute Gasteiger partial charge is 0.414 e. The van der Waals surface area contributed by atoms with E-state index in [4.69, 9.17) is 9.47 Å². The minimum Gasteiger partial charge on any atom is -0.450 e. The van der Waals surface area contributed by atoms with Crippen LogP contribution in [0.1, 0.15) is 17.4 Å². The van der Waals surface area contributed by atoms with Crippen LogP contribution in [0.2, 0.25) is 0 Å². The number of hydrogen-bond acceptors (Lipinski definition) is 9. The molecule has 5 rings (SSSR count). The van der Waals surface area contributed by atoms with Crippen molar-refractivity contribution in [2.24, 2.45) is 0 Å². The maximum Gasteiger partial charge on any atom is 0.414 e. The summed E-state index contributed by atoms with van der Waals surface area (Å²) < 4.78 is 26.8. The SMILES string of the molecule is CCOC(=O)NC[C@H]1CN(c2ccc(N3CCN(C(=O)CNC(=O)c4cn5ccncc5n4)CC3)c(F)c2)C(=O)O1. The molecule has 4 heterocycles. The van der Waals surface area contributed by atoms with E-state index in [0.717, 1.165) is 0 Å². The fourth-order valence-corrected chi connectivity index (χ4v) is 4.65. The van der Waals surface area contributed by atoms with Crippen LogP contribution in [0.25, 0.3) is 5.65 Å². The van der Waals surface area contributed by atoms with Gasteiger partial charge in [0.05, 0.1) is 43.8 Å². The summed E-state index contributed by atoms with van der Waals surface area (Å²) >= 11 is 0. The number of benzene rings is 1. The molecular weight excluding hydrogens is 539 g/mol. The molecule has 2 fully saturated rings. The summed E-state index contributed by atoms with van der Waals surface area (Å²) in [6, 6.07) is 4.48. The van der Waals surface area contributed by atoms with Gasteiger partial charge in [-0.1, -0.05) is 0 Å². The average molecular weight is 569 g/mol. The van der Waals surface area contributed by atoms with Gasteiger partial charge in [0.2, 0.25) is 5.91 Å². The van der Waals surface area contributed by atoms with E-state index in [2.05, 4.69) is 20.6 Å². The number of piperazine rings is 1. The largest absolute Gasteiger partial charge is 0.450 e. The molecule has 216 valence electrons. The van der Waals surface area contributed by atoms with Crippen LogP contribution in [-0.4, -0.2) is 102 Å². The molecule has 0 bridgehead atoms. The molecule has 4 amide bonds. The predicted molar refractivity (Wildman–Crippen MR) is 143 cm³/mol. The fraction of sp³-hybridized carbons (Fsp3) is 0.385. The summed E-state index contributed by atoms with van der Waals surface area (Å²) in [6.45, 7) is 3.43. The van der Waals surface area contributed by atoms with Gasteiger partial charge in [0.25, 0.3) is 5.91 Å². The highest BCUT2D eigenvalue weighted by Gasteiger charge is 2.33. The van der Waals surface area contributed by atoms with E-state index in [1.165, 1.54) is 17.2 Å². The van der Waals surface area contributed by atoms with E-state index in [1.807, 2.05) is 4.90 Å². The second kappa shape index (κ2) is 12.1. The van der Waals surface area contributed by atoms with Gasteiger partial charge in [-0.2, -0.15) is 0 Å². The molecule has 0 aliphatic carbocycles. The highest BCUT2D eigenvalue weighted by Crippen LogP contribution is 2.28. The number of carbonyl (C=O) groups excluding carboxylic acids is 4. The maximum atomic E-state index is 15.1. The minimum atomic E-state index is -0.634. The number of aromatic nitrogens is 3. The van der Waals surface area contributed by atoms with Crippen LogP contribution in [0, 0.1) is 5.82 Å². The number of nitrogens with one attached hydrogen (secondary N) is 2. The van der Waals surface area contributed by atoms with Gasteiger partial charge in [-0.05, 0) is 25.1 Å². The molecule has 0 saturated carbocycles. The number of anilines is 2. The molecule has 0 radical (unpaired) electrons. The molecule has 41 heavy (non-hydrogen) atoms. The Morgan fingerprint density at radius 2 is 1.98 bits per heavy atom. The Morgan fingerprint density at radius 3 is 2.71 bits per heavy atom. The van der Waals surface area contributed by atoms with E-state index >= 15 is 4.39 Å². The number of imidazole rings is 1. The minimum absolute atomic E-state index is 0.0760. The lowest BCUT2D eigenvalue weighted by atomic mass is 10.2. The molecule has 14 nitrogen and oxygen atoms in total. The van der Waals surface area contributed by atoms with Gasteiger partial charge in [-0.25, -0.2) is 19.0 Å². The van der Waals surface area contributed by atoms with Gasteiger partial charge in [0.1, 0.15) is 17.6 Å². The lowest BCUT2D eigenvalue weighted by Crippen LogP contribution is -2.51. The van der Waals surface area contributed by atoms with Crippen LogP contribution in [0.3, 0.4) is 0 Å². The van der Waals surface area contributed by atoms with Crippen LogP contribution < -0.4 is 20.4 Å². The molecule has 2 aliphatic rings. The third kappa shape index (κ3) is 6.28. The summed E-state index contributed by atoms with van der Waals surface area (Å²) in [5.41, 5.74) is 1.39. The number of fused-ring (bicyclic) bond motifs is 1. The van der Waals surface area contributed by atoms with E-state index in [-0.39, 0.29) is 37.8 Å². The topological polar surface area (TPSA) is 151 Å². The molecule has 2 aliphatic heterocycles. The van der Waals surface area contributed by atoms with Gasteiger partial charge < -0.3 is 34.3 Å². The molecule has 2 saturated heterocycles. The molecule has 0 spiro atoms. The van der Waals surface area contributed by atoms with Crippen LogP contribution >= 0.6 is 0 Å². The Balaban J connectivity index is 1.10. The van der Waals surface area contributed by atoms with Gasteiger partial charge in [0, 0.05) is 44.8 Å². The Morgan fingerprint density at radius 1 is 1.17 bits per heavy atom. The first kappa shape index (κ1) is 27.6. The number of ether oxygens (including phenoxy) is 2. The van der Waals surface area contributed by atoms with Crippen molar-refractivity contribution in [3.05, 3.63) is 54.5 Å². The van der Waals surface area contributed by atoms with E-state index in [1.54, 1.807) is 46.9 Å². The van der Waals surface area contributed by atoms with Crippen molar-refractivity contribution in [2.45, 2.75) is 13.0 Å². The lowest BCUT2D eigenvalue weighted by Gasteiger charge is -2.36. The zero-order chi connectivity index (χ0) is 28.9. The van der Waals surface area contributed by atoms with Crippen molar-refractivity contribution < 1.29 is 33.0 Å². The summed E-state index contributed by atoms with van der Waals surface area (Å²) in [4.78, 5) is 61.8. The number of hydrogen-bond donors (Lipinski definition) is 2. The van der Waals surface area contributed by atoms with E-state index in [9.17, 15) is 19.2 Å². The lowest BCUT2D eigenvalue weighted by molar-refractivity contribution is -0.130. The molecule has 2 aromatic heterocycles. The second-order valence-corrected chi connectivity index (χ2v) is 9.37. The predicted octanol–water partition coefficient (Wildman–Crippen LogP) is 1.02. The third-order valence-electron chi connectivity index (χ3n) is 6.74. The van der Waals surface area contributed by atoms with E-state index < -0.39 is 30.0 Å². The van der Waals surface area contributed by atoms with Crippen molar-refractivity contribution in [2.75, 3.05) is 62.2 Å². The quantitative estimate of drug-likeness (QED) is 0.406. The number of carbonyl (C=O) groups is 4. The van der Waals surface area contributed by atoms with Crippen molar-refractivity contribution in [3.63, 3.8) is 0 Å². The van der Waals surface area contributed by atoms with Crippen LogP contribution in [0.5, 0.6) is 0 Å². The van der Waals surface area contributed by atoms with Gasteiger partial charge in [-0.15, -0.1) is 0 Å². The molecule has 1 aromatic carbocycles. The third-order valence-corrected chi connectivity index (χ3v) is 6.74. The second-order valence-electron chi connectivity index (χ2n) is 9.37. The summed E-state index contributed by atoms with van der Waals surface area (Å²) in [5, 5.41) is 5.12. The van der Waals surface area contributed by atoms with Crippen LogP contribution in [0.4, 0.5) is 25.4 Å². The highest BCUT2D eigenvalue weighted by molar-refractivity contribution is 5.95. The van der Waals surface area contributed by atoms with Crippen molar-refractivity contribution >= 4 is 41.0 Å². The van der Waals surface area contributed by atoms with Crippen molar-refractivity contribution in [1.29, 1.82) is 0 Å².